The zero-order valence-electron chi connectivity index (χ0n) is 16.6. The van der Waals surface area contributed by atoms with E-state index in [1.807, 2.05) is 30.9 Å². The van der Waals surface area contributed by atoms with Gasteiger partial charge in [0.1, 0.15) is 5.82 Å². The molecule has 0 aromatic carbocycles. The maximum atomic E-state index is 6.38. The maximum Gasteiger partial charge on any atom is 0.169 e. The molecule has 1 atom stereocenters. The van der Waals surface area contributed by atoms with Crippen molar-refractivity contribution in [3.63, 3.8) is 0 Å². The van der Waals surface area contributed by atoms with E-state index in [0.717, 1.165) is 34.6 Å². The number of H-pyrrole nitrogens is 1. The van der Waals surface area contributed by atoms with Gasteiger partial charge in [-0.1, -0.05) is 0 Å². The largest absolute Gasteiger partial charge is 0.382 e. The minimum Gasteiger partial charge on any atom is -0.382 e. The van der Waals surface area contributed by atoms with Crippen LogP contribution in [0.4, 0.5) is 11.6 Å². The third-order valence-electron chi connectivity index (χ3n) is 5.40. The number of pyridine rings is 1. The van der Waals surface area contributed by atoms with E-state index >= 15 is 0 Å². The molecule has 0 amide bonds. The number of rotatable bonds is 3. The van der Waals surface area contributed by atoms with Crippen LogP contribution in [0.25, 0.3) is 28.1 Å². The van der Waals surface area contributed by atoms with Gasteiger partial charge in [-0.05, 0) is 25.5 Å². The molecule has 0 radical (unpaired) electrons. The minimum absolute atomic E-state index is 0.218. The van der Waals surface area contributed by atoms with Gasteiger partial charge in [-0.15, -0.1) is 5.10 Å². The van der Waals surface area contributed by atoms with E-state index in [0.29, 0.717) is 30.5 Å². The first-order valence-corrected chi connectivity index (χ1v) is 9.57. The highest BCUT2D eigenvalue weighted by Gasteiger charge is 2.26. The quantitative estimate of drug-likeness (QED) is 0.544. The van der Waals surface area contributed by atoms with Crippen LogP contribution in [0.3, 0.4) is 0 Å². The number of nitrogen functional groups attached to an aromatic ring is 1. The Hall–Kier alpha value is -3.40. The fourth-order valence-corrected chi connectivity index (χ4v) is 4.00. The summed E-state index contributed by atoms with van der Waals surface area (Å²) in [4.78, 5) is 7.23. The molecule has 150 valence electrons. The van der Waals surface area contributed by atoms with Crippen molar-refractivity contribution in [3.8, 4) is 17.1 Å². The Labute approximate surface area is 167 Å². The maximum absolute atomic E-state index is 6.38. The lowest BCUT2D eigenvalue weighted by Gasteiger charge is -2.34. The monoisotopic (exact) mass is 393 g/mol. The van der Waals surface area contributed by atoms with Gasteiger partial charge in [0.25, 0.3) is 0 Å². The van der Waals surface area contributed by atoms with Crippen molar-refractivity contribution in [1.82, 2.24) is 34.7 Å². The van der Waals surface area contributed by atoms with Crippen LogP contribution >= 0.6 is 0 Å². The molecular weight excluding hydrogens is 370 g/mol. The molecule has 0 aliphatic carbocycles. The molecule has 1 saturated heterocycles. The van der Waals surface area contributed by atoms with E-state index in [-0.39, 0.29) is 6.04 Å². The van der Waals surface area contributed by atoms with Crippen molar-refractivity contribution in [3.05, 3.63) is 30.1 Å². The second-order valence-corrected chi connectivity index (χ2v) is 7.38. The fourth-order valence-electron chi connectivity index (χ4n) is 4.00. The van der Waals surface area contributed by atoms with E-state index in [1.54, 1.807) is 10.9 Å². The van der Waals surface area contributed by atoms with Gasteiger partial charge in [-0.25, -0.2) is 4.98 Å². The summed E-state index contributed by atoms with van der Waals surface area (Å²) in [6.07, 6.45) is 3.53. The summed E-state index contributed by atoms with van der Waals surface area (Å²) < 4.78 is 9.19. The molecule has 5 rings (SSSR count). The summed E-state index contributed by atoms with van der Waals surface area (Å²) in [7, 11) is 1.93. The van der Waals surface area contributed by atoms with Crippen molar-refractivity contribution in [2.45, 2.75) is 19.9 Å². The van der Waals surface area contributed by atoms with Gasteiger partial charge in [0.2, 0.25) is 0 Å². The molecule has 0 saturated carbocycles. The molecule has 3 N–H and O–H groups in total. The predicted octanol–water partition coefficient (Wildman–Crippen LogP) is 1.66. The zero-order chi connectivity index (χ0) is 20.1. The number of nitrogens with one attached hydrogen (secondary N) is 1. The number of aromatic amines is 1. The van der Waals surface area contributed by atoms with Crippen LogP contribution in [-0.2, 0) is 11.8 Å². The minimum atomic E-state index is 0.218. The highest BCUT2D eigenvalue weighted by atomic mass is 16.5. The van der Waals surface area contributed by atoms with Crippen LogP contribution < -0.4 is 10.6 Å². The molecule has 0 bridgehead atoms. The number of ether oxygens (including phenoxy) is 1. The number of morpholine rings is 1. The molecule has 4 aromatic heterocycles. The molecule has 29 heavy (non-hydrogen) atoms. The van der Waals surface area contributed by atoms with Crippen LogP contribution in [-0.4, -0.2) is 60.5 Å². The smallest absolute Gasteiger partial charge is 0.169 e. The van der Waals surface area contributed by atoms with Crippen molar-refractivity contribution < 1.29 is 4.74 Å². The Morgan fingerprint density at radius 2 is 2.21 bits per heavy atom. The highest BCUT2D eigenvalue weighted by molar-refractivity contribution is 6.01. The molecule has 1 fully saturated rings. The lowest BCUT2D eigenvalue weighted by atomic mass is 10.1. The van der Waals surface area contributed by atoms with Gasteiger partial charge in [-0.3, -0.25) is 9.78 Å². The zero-order valence-corrected chi connectivity index (χ0v) is 16.6. The Kier molecular flexibility index (Phi) is 4.02. The second-order valence-electron chi connectivity index (χ2n) is 7.38. The Morgan fingerprint density at radius 1 is 1.34 bits per heavy atom. The van der Waals surface area contributed by atoms with Crippen molar-refractivity contribution >= 4 is 22.7 Å². The molecule has 1 aliphatic heterocycles. The van der Waals surface area contributed by atoms with E-state index < -0.39 is 0 Å². The summed E-state index contributed by atoms with van der Waals surface area (Å²) >= 11 is 0. The van der Waals surface area contributed by atoms with E-state index in [4.69, 9.17) is 15.5 Å². The number of hydrogen-bond acceptors (Lipinski definition) is 7. The lowest BCUT2D eigenvalue weighted by molar-refractivity contribution is 0.0985. The molecule has 10 heteroatoms. The summed E-state index contributed by atoms with van der Waals surface area (Å²) in [6, 6.07) is 4.14. The Morgan fingerprint density at radius 3 is 2.90 bits per heavy atom. The number of nitrogens with zero attached hydrogens (tertiary/aromatic N) is 7. The van der Waals surface area contributed by atoms with Crippen LogP contribution in [0.1, 0.15) is 12.5 Å². The first-order chi connectivity index (χ1) is 14.0. The van der Waals surface area contributed by atoms with Gasteiger partial charge in [0.05, 0.1) is 42.7 Å². The Bertz CT molecular complexity index is 1150. The van der Waals surface area contributed by atoms with Crippen LogP contribution in [0.15, 0.2) is 24.5 Å². The summed E-state index contributed by atoms with van der Waals surface area (Å²) in [6.45, 7) is 6.30. The second kappa shape index (κ2) is 6.59. The predicted molar refractivity (Wildman–Crippen MR) is 110 cm³/mol. The molecule has 5 heterocycles. The number of anilines is 2. The number of hydrogen-bond donors (Lipinski definition) is 2. The van der Waals surface area contributed by atoms with Crippen LogP contribution in [0.2, 0.25) is 0 Å². The van der Waals surface area contributed by atoms with Crippen molar-refractivity contribution in [1.29, 1.82) is 0 Å². The number of aryl methyl sites for hydroxylation is 2. The van der Waals surface area contributed by atoms with E-state index in [1.165, 1.54) is 0 Å². The molecule has 0 spiro atoms. The number of aromatic nitrogens is 7. The van der Waals surface area contributed by atoms with Gasteiger partial charge in [0.15, 0.2) is 17.3 Å². The van der Waals surface area contributed by atoms with E-state index in [2.05, 4.69) is 38.3 Å². The normalized spacial score (nSPS) is 17.3. The van der Waals surface area contributed by atoms with Crippen LogP contribution in [0, 0.1) is 6.92 Å². The van der Waals surface area contributed by atoms with Crippen molar-refractivity contribution in [2.24, 2.45) is 7.05 Å². The molecule has 4 aromatic rings. The van der Waals surface area contributed by atoms with Gasteiger partial charge >= 0.3 is 0 Å². The summed E-state index contributed by atoms with van der Waals surface area (Å²) in [5.74, 6) is 1.99. The van der Waals surface area contributed by atoms with Gasteiger partial charge in [-0.2, -0.15) is 14.9 Å². The van der Waals surface area contributed by atoms with Crippen LogP contribution in [0.5, 0.6) is 0 Å². The third-order valence-corrected chi connectivity index (χ3v) is 5.40. The Balaban J connectivity index is 1.82. The topological polar surface area (TPSA) is 116 Å². The van der Waals surface area contributed by atoms with Gasteiger partial charge in [0, 0.05) is 25.2 Å². The molecular formula is C19H23N9O. The molecule has 1 aliphatic rings. The molecule has 1 unspecified atom stereocenters. The SMILES string of the molecule is Cc1cnn(C)c1-c1cc(N2CCOCC2C)nc2c1c(N)nn2-c1ccn[nH]1. The summed E-state index contributed by atoms with van der Waals surface area (Å²) in [5, 5.41) is 16.8. The van der Waals surface area contributed by atoms with E-state index in [9.17, 15) is 0 Å². The first-order valence-electron chi connectivity index (χ1n) is 9.57. The standard InChI is InChI=1S/C19H23N9O/c1-11-9-22-26(3)17(11)13-8-15(27-6-7-29-10-12(27)2)23-19-16(13)18(20)25-28(19)14-4-5-21-24-14/h4-5,8-9,12H,6-7,10H2,1-3H3,(H2,20,25)(H,21,24). The summed E-state index contributed by atoms with van der Waals surface area (Å²) in [5.41, 5.74) is 10.1. The van der Waals surface area contributed by atoms with Gasteiger partial charge < -0.3 is 15.4 Å². The van der Waals surface area contributed by atoms with Crippen molar-refractivity contribution in [2.75, 3.05) is 30.4 Å². The number of nitrogens with two attached hydrogens (primary N) is 1. The third kappa shape index (κ3) is 2.75. The average molecular weight is 393 g/mol. The molecule has 10 nitrogen and oxygen atoms in total. The number of fused-ring (bicyclic) bond motifs is 1. The first kappa shape index (κ1) is 17.7. The lowest BCUT2D eigenvalue weighted by Crippen LogP contribution is -2.44. The average Bonchev–Trinajstić information content (AvgIpc) is 3.42. The fraction of sp³-hybridized carbons (Fsp3) is 0.368. The highest BCUT2D eigenvalue weighted by Crippen LogP contribution is 2.37.